The van der Waals surface area contributed by atoms with Crippen LogP contribution in [-0.2, 0) is 0 Å². The minimum Gasteiger partial charge on any atom is -0.126 e. The van der Waals surface area contributed by atoms with Gasteiger partial charge in [0.05, 0.1) is 0 Å². The Hall–Kier alpha value is -1.21. The predicted octanol–water partition coefficient (Wildman–Crippen LogP) is 3.98. The molecule has 74 valence electrons. The molecule has 1 heteroatoms. The molecule has 0 saturated carbocycles. The van der Waals surface area contributed by atoms with Gasteiger partial charge in [0.25, 0.3) is 0 Å². The lowest BCUT2D eigenvalue weighted by Gasteiger charge is -2.22. The maximum absolute atomic E-state index is 2.31. The molecule has 1 aliphatic carbocycles. The zero-order chi connectivity index (χ0) is 10.1. The summed E-state index contributed by atoms with van der Waals surface area (Å²) in [5, 5.41) is 2.78. The summed E-state index contributed by atoms with van der Waals surface area (Å²) in [4.78, 5) is 0. The average molecular weight is 212 g/mol. The Morgan fingerprint density at radius 1 is 1.00 bits per heavy atom. The van der Waals surface area contributed by atoms with Gasteiger partial charge in [-0.1, -0.05) is 48.6 Å². The Kier molecular flexibility index (Phi) is 2.26. The van der Waals surface area contributed by atoms with E-state index >= 15 is 0 Å². The molecule has 0 bridgehead atoms. The molecule has 0 aromatic heterocycles. The van der Waals surface area contributed by atoms with E-state index in [1.54, 1.807) is 0 Å². The lowest BCUT2D eigenvalue weighted by molar-refractivity contribution is 0.872. The lowest BCUT2D eigenvalue weighted by Crippen LogP contribution is -2.12. The number of fused-ring (bicyclic) bond motifs is 3. The van der Waals surface area contributed by atoms with Crippen molar-refractivity contribution in [2.75, 3.05) is 0 Å². The van der Waals surface area contributed by atoms with Crippen LogP contribution in [0.5, 0.6) is 0 Å². The van der Waals surface area contributed by atoms with Crippen molar-refractivity contribution in [3.63, 3.8) is 0 Å². The number of rotatable bonds is 0. The molecule has 3 rings (SSSR count). The van der Waals surface area contributed by atoms with E-state index in [-0.39, 0.29) is 0 Å². The van der Waals surface area contributed by atoms with Crippen molar-refractivity contribution in [2.24, 2.45) is 0 Å². The third-order valence-electron chi connectivity index (χ3n) is 2.92. The monoisotopic (exact) mass is 212 g/mol. The van der Waals surface area contributed by atoms with Crippen LogP contribution in [0.25, 0.3) is 6.08 Å². The van der Waals surface area contributed by atoms with E-state index in [0.717, 1.165) is 0 Å². The van der Waals surface area contributed by atoms with E-state index in [9.17, 15) is 0 Å². The highest BCUT2D eigenvalue weighted by atomic mass is 32.2. The summed E-state index contributed by atoms with van der Waals surface area (Å²) in [5.41, 5.74) is 2.81. The van der Waals surface area contributed by atoms with Crippen LogP contribution in [0.1, 0.15) is 17.0 Å². The lowest BCUT2D eigenvalue weighted by atomic mass is 9.89. The Labute approximate surface area is 94.4 Å². The van der Waals surface area contributed by atoms with Gasteiger partial charge >= 0.3 is 0 Å². The molecule has 0 N–H and O–H groups in total. The van der Waals surface area contributed by atoms with E-state index in [1.165, 1.54) is 11.1 Å². The molecule has 15 heavy (non-hydrogen) atoms. The Morgan fingerprint density at radius 3 is 2.87 bits per heavy atom. The highest BCUT2D eigenvalue weighted by Gasteiger charge is 2.23. The topological polar surface area (TPSA) is 0 Å². The van der Waals surface area contributed by atoms with E-state index in [2.05, 4.69) is 60.1 Å². The molecule has 2 aliphatic rings. The summed E-state index contributed by atoms with van der Waals surface area (Å²) < 4.78 is 0. The van der Waals surface area contributed by atoms with E-state index in [4.69, 9.17) is 0 Å². The van der Waals surface area contributed by atoms with Gasteiger partial charge in [0.15, 0.2) is 0 Å². The first-order valence-electron chi connectivity index (χ1n) is 5.21. The van der Waals surface area contributed by atoms with Crippen molar-refractivity contribution in [1.82, 2.24) is 0 Å². The molecular formula is C14H12S. The maximum atomic E-state index is 2.31. The largest absolute Gasteiger partial charge is 0.126 e. The molecule has 2 atom stereocenters. The van der Waals surface area contributed by atoms with Gasteiger partial charge in [-0.25, -0.2) is 0 Å². The van der Waals surface area contributed by atoms with Crippen molar-refractivity contribution in [3.05, 3.63) is 65.1 Å². The summed E-state index contributed by atoms with van der Waals surface area (Å²) in [6.07, 6.45) is 11.1. The third kappa shape index (κ3) is 1.57. The molecule has 1 heterocycles. The standard InChI is InChI=1S/C14H12S/c1-2-6-12-11(5-1)9-10-15-14-8-4-3-7-13(12)14/h1-10,13-14H. The highest BCUT2D eigenvalue weighted by molar-refractivity contribution is 8.03. The second-order valence-corrected chi connectivity index (χ2v) is 4.92. The summed E-state index contributed by atoms with van der Waals surface area (Å²) in [5.74, 6) is 0.534. The number of hydrogen-bond donors (Lipinski definition) is 0. The first-order valence-corrected chi connectivity index (χ1v) is 6.15. The summed E-state index contributed by atoms with van der Waals surface area (Å²) in [6.45, 7) is 0. The zero-order valence-corrected chi connectivity index (χ0v) is 9.15. The highest BCUT2D eigenvalue weighted by Crippen LogP contribution is 2.38. The number of hydrogen-bond acceptors (Lipinski definition) is 1. The Morgan fingerprint density at radius 2 is 1.87 bits per heavy atom. The fourth-order valence-electron chi connectivity index (χ4n) is 2.17. The Balaban J connectivity index is 2.13. The third-order valence-corrected chi connectivity index (χ3v) is 3.98. The normalized spacial score (nSPS) is 26.9. The molecule has 0 amide bonds. The van der Waals surface area contributed by atoms with Crippen LogP contribution in [0.3, 0.4) is 0 Å². The van der Waals surface area contributed by atoms with Gasteiger partial charge in [-0.3, -0.25) is 0 Å². The molecule has 2 unspecified atom stereocenters. The summed E-state index contributed by atoms with van der Waals surface area (Å²) in [7, 11) is 0. The number of allylic oxidation sites excluding steroid dienone is 3. The van der Waals surface area contributed by atoms with Gasteiger partial charge in [0.1, 0.15) is 0 Å². The molecule has 0 nitrogen and oxygen atoms in total. The maximum Gasteiger partial charge on any atom is 0.0375 e. The first kappa shape index (κ1) is 9.05. The first-order chi connectivity index (χ1) is 7.45. The second-order valence-electron chi connectivity index (χ2n) is 3.83. The van der Waals surface area contributed by atoms with Crippen LogP contribution in [0.15, 0.2) is 54.0 Å². The van der Waals surface area contributed by atoms with E-state index in [1.807, 2.05) is 11.8 Å². The molecule has 0 saturated heterocycles. The van der Waals surface area contributed by atoms with Gasteiger partial charge in [-0.15, -0.1) is 11.8 Å². The molecule has 0 spiro atoms. The van der Waals surface area contributed by atoms with Crippen molar-refractivity contribution in [1.29, 1.82) is 0 Å². The summed E-state index contributed by atoms with van der Waals surface area (Å²) >= 11 is 1.91. The predicted molar refractivity (Wildman–Crippen MR) is 67.9 cm³/mol. The minimum atomic E-state index is 0.534. The van der Waals surface area contributed by atoms with Crippen molar-refractivity contribution in [3.8, 4) is 0 Å². The van der Waals surface area contributed by atoms with Crippen LogP contribution < -0.4 is 0 Å². The van der Waals surface area contributed by atoms with Crippen LogP contribution in [0.4, 0.5) is 0 Å². The van der Waals surface area contributed by atoms with Crippen molar-refractivity contribution >= 4 is 17.8 Å². The quantitative estimate of drug-likeness (QED) is 0.626. The van der Waals surface area contributed by atoms with Crippen molar-refractivity contribution < 1.29 is 0 Å². The number of benzene rings is 1. The molecule has 0 fully saturated rings. The van der Waals surface area contributed by atoms with E-state index < -0.39 is 0 Å². The van der Waals surface area contributed by atoms with E-state index in [0.29, 0.717) is 11.2 Å². The number of thioether (sulfide) groups is 1. The van der Waals surface area contributed by atoms with Gasteiger partial charge < -0.3 is 0 Å². The zero-order valence-electron chi connectivity index (χ0n) is 8.34. The van der Waals surface area contributed by atoms with Gasteiger partial charge in [0.2, 0.25) is 0 Å². The fraction of sp³-hybridized carbons (Fsp3) is 0.143. The SMILES string of the molecule is C1=CC2SC=Cc3ccccc3C2C=C1. The molecule has 1 aromatic rings. The van der Waals surface area contributed by atoms with Crippen LogP contribution in [-0.4, -0.2) is 5.25 Å². The average Bonchev–Trinajstić information content (AvgIpc) is 2.48. The summed E-state index contributed by atoms with van der Waals surface area (Å²) in [6, 6.07) is 8.68. The Bertz CT molecular complexity index is 454. The molecule has 0 radical (unpaired) electrons. The van der Waals surface area contributed by atoms with Gasteiger partial charge in [-0.05, 0) is 22.6 Å². The minimum absolute atomic E-state index is 0.534. The smallest absolute Gasteiger partial charge is 0.0375 e. The van der Waals surface area contributed by atoms with Crippen LogP contribution >= 0.6 is 11.8 Å². The van der Waals surface area contributed by atoms with Crippen LogP contribution in [0.2, 0.25) is 0 Å². The fourth-order valence-corrected chi connectivity index (χ4v) is 3.16. The molecule has 1 aromatic carbocycles. The molecular weight excluding hydrogens is 200 g/mol. The van der Waals surface area contributed by atoms with Gasteiger partial charge in [0, 0.05) is 11.2 Å². The second kappa shape index (κ2) is 3.74. The van der Waals surface area contributed by atoms with Gasteiger partial charge in [-0.2, -0.15) is 0 Å². The van der Waals surface area contributed by atoms with Crippen LogP contribution in [0, 0.1) is 0 Å². The van der Waals surface area contributed by atoms with Crippen molar-refractivity contribution in [2.45, 2.75) is 11.2 Å². The molecule has 1 aliphatic heterocycles.